The van der Waals surface area contributed by atoms with Crippen LogP contribution in [0, 0.1) is 11.3 Å². The molecule has 1 aliphatic heterocycles. The van der Waals surface area contributed by atoms with Crippen molar-refractivity contribution in [1.29, 1.82) is 5.26 Å². The molecule has 1 fully saturated rings. The molecule has 0 atom stereocenters. The molecule has 144 valence electrons. The number of nitrogen functional groups attached to an aromatic ring is 1. The quantitative estimate of drug-likeness (QED) is 0.297. The van der Waals surface area contributed by atoms with E-state index in [0.717, 1.165) is 25.2 Å². The number of aliphatic imine (C=N–C) groups is 1. The molecule has 1 aromatic heterocycles. The Morgan fingerprint density at radius 3 is 2.56 bits per heavy atom. The zero-order chi connectivity index (χ0) is 18.4. The maximum atomic E-state index is 9.44. The number of piperidine rings is 1. The van der Waals surface area contributed by atoms with Gasteiger partial charge in [-0.05, 0) is 44.2 Å². The van der Waals surface area contributed by atoms with E-state index in [1.54, 1.807) is 4.68 Å². The summed E-state index contributed by atoms with van der Waals surface area (Å²) in [7, 11) is 0. The number of benzene rings is 1. The number of rotatable bonds is 5. The zero-order valence-electron chi connectivity index (χ0n) is 15.3. The molecule has 0 radical (unpaired) electrons. The molecule has 0 saturated carbocycles. The van der Waals surface area contributed by atoms with Crippen LogP contribution in [-0.4, -0.2) is 40.3 Å². The minimum absolute atomic E-state index is 0. The number of nitriles is 1. The summed E-state index contributed by atoms with van der Waals surface area (Å²) in [6, 6.07) is 11.8. The van der Waals surface area contributed by atoms with Crippen molar-refractivity contribution >= 4 is 35.8 Å². The highest BCUT2D eigenvalue weighted by atomic mass is 127. The van der Waals surface area contributed by atoms with Crippen LogP contribution < -0.4 is 11.5 Å². The predicted molar refractivity (Wildman–Crippen MR) is 118 cm³/mol. The van der Waals surface area contributed by atoms with Crippen LogP contribution in [0.1, 0.15) is 36.9 Å². The number of hydrogen-bond donors (Lipinski definition) is 2. The standard InChI is InChI=1S/C19H25N7.HI/c20-14-16-17(24-26(18(16)21)15-8-3-1-4-9-15)10-7-11-23-19(22)25-12-5-2-6-13-25;/h1,3-4,8-9H,2,5-7,10-13,21H2,(H2,22,23);1H. The van der Waals surface area contributed by atoms with Crippen LogP contribution in [0.25, 0.3) is 5.69 Å². The van der Waals surface area contributed by atoms with Gasteiger partial charge < -0.3 is 16.4 Å². The Bertz CT molecular complexity index is 801. The highest BCUT2D eigenvalue weighted by Gasteiger charge is 2.16. The predicted octanol–water partition coefficient (Wildman–Crippen LogP) is 2.68. The van der Waals surface area contributed by atoms with E-state index in [1.807, 2.05) is 30.3 Å². The SMILES string of the molecule is I.N#Cc1c(CCCN=C(N)N2CCCCC2)nn(-c2ccccc2)c1N. The van der Waals surface area contributed by atoms with Gasteiger partial charge in [0.15, 0.2) is 5.96 Å². The van der Waals surface area contributed by atoms with Crippen molar-refractivity contribution in [3.05, 3.63) is 41.6 Å². The van der Waals surface area contributed by atoms with Crippen molar-refractivity contribution in [2.24, 2.45) is 10.7 Å². The summed E-state index contributed by atoms with van der Waals surface area (Å²) in [5, 5.41) is 14.0. The zero-order valence-corrected chi connectivity index (χ0v) is 17.7. The number of hydrogen-bond acceptors (Lipinski definition) is 4. The Labute approximate surface area is 177 Å². The first-order valence-electron chi connectivity index (χ1n) is 9.08. The fourth-order valence-corrected chi connectivity index (χ4v) is 3.20. The van der Waals surface area contributed by atoms with Gasteiger partial charge in [-0.2, -0.15) is 10.4 Å². The normalized spacial score (nSPS) is 14.5. The van der Waals surface area contributed by atoms with Crippen molar-refractivity contribution in [1.82, 2.24) is 14.7 Å². The van der Waals surface area contributed by atoms with E-state index in [2.05, 4.69) is 21.1 Å². The van der Waals surface area contributed by atoms with Crippen molar-refractivity contribution in [2.75, 3.05) is 25.4 Å². The molecule has 27 heavy (non-hydrogen) atoms. The van der Waals surface area contributed by atoms with E-state index in [4.69, 9.17) is 11.5 Å². The summed E-state index contributed by atoms with van der Waals surface area (Å²) in [6.45, 7) is 2.60. The number of nitrogens with zero attached hydrogens (tertiary/aromatic N) is 5. The molecule has 0 aliphatic carbocycles. The topological polar surface area (TPSA) is 109 Å². The molecule has 0 spiro atoms. The molecule has 0 amide bonds. The maximum Gasteiger partial charge on any atom is 0.191 e. The average Bonchev–Trinajstić information content (AvgIpc) is 3.01. The lowest BCUT2D eigenvalue weighted by molar-refractivity contribution is 0.338. The number of likely N-dealkylation sites (tertiary alicyclic amines) is 1. The van der Waals surface area contributed by atoms with Gasteiger partial charge >= 0.3 is 0 Å². The van der Waals surface area contributed by atoms with Gasteiger partial charge in [-0.15, -0.1) is 24.0 Å². The number of halogens is 1. The third-order valence-corrected chi connectivity index (χ3v) is 4.63. The van der Waals surface area contributed by atoms with Gasteiger partial charge in [0.2, 0.25) is 0 Å². The summed E-state index contributed by atoms with van der Waals surface area (Å²) in [5.41, 5.74) is 14.2. The average molecular weight is 479 g/mol. The number of nitrogens with two attached hydrogens (primary N) is 2. The molecule has 4 N–H and O–H groups in total. The summed E-state index contributed by atoms with van der Waals surface area (Å²) in [5.74, 6) is 1.00. The van der Waals surface area contributed by atoms with E-state index < -0.39 is 0 Å². The first-order chi connectivity index (χ1) is 12.7. The maximum absolute atomic E-state index is 9.44. The second kappa shape index (κ2) is 10.2. The van der Waals surface area contributed by atoms with E-state index in [-0.39, 0.29) is 24.0 Å². The highest BCUT2D eigenvalue weighted by Crippen LogP contribution is 2.21. The van der Waals surface area contributed by atoms with Gasteiger partial charge in [-0.25, -0.2) is 4.68 Å². The molecule has 1 saturated heterocycles. The first kappa shape index (κ1) is 21.0. The molecule has 1 aromatic carbocycles. The Balaban J connectivity index is 0.00000261. The van der Waals surface area contributed by atoms with E-state index in [9.17, 15) is 5.26 Å². The summed E-state index contributed by atoms with van der Waals surface area (Å²) in [6.07, 6.45) is 5.04. The van der Waals surface area contributed by atoms with Crippen LogP contribution in [0.3, 0.4) is 0 Å². The van der Waals surface area contributed by atoms with Crippen LogP contribution in [0.4, 0.5) is 5.82 Å². The number of para-hydroxylation sites is 1. The molecule has 0 unspecified atom stereocenters. The lowest BCUT2D eigenvalue weighted by Gasteiger charge is -2.27. The highest BCUT2D eigenvalue weighted by molar-refractivity contribution is 14.0. The number of aryl methyl sites for hydroxylation is 1. The minimum atomic E-state index is 0. The summed E-state index contributed by atoms with van der Waals surface area (Å²) >= 11 is 0. The lowest BCUT2D eigenvalue weighted by atomic mass is 10.1. The Morgan fingerprint density at radius 1 is 1.19 bits per heavy atom. The van der Waals surface area contributed by atoms with Crippen molar-refractivity contribution in [2.45, 2.75) is 32.1 Å². The van der Waals surface area contributed by atoms with Gasteiger partial charge in [-0.1, -0.05) is 18.2 Å². The summed E-state index contributed by atoms with van der Waals surface area (Å²) in [4.78, 5) is 6.62. The molecule has 7 nitrogen and oxygen atoms in total. The third kappa shape index (κ3) is 5.13. The van der Waals surface area contributed by atoms with Crippen molar-refractivity contribution in [3.63, 3.8) is 0 Å². The van der Waals surface area contributed by atoms with Crippen molar-refractivity contribution in [3.8, 4) is 11.8 Å². The minimum Gasteiger partial charge on any atom is -0.382 e. The first-order valence-corrected chi connectivity index (χ1v) is 9.08. The van der Waals surface area contributed by atoms with E-state index in [1.165, 1.54) is 19.3 Å². The fourth-order valence-electron chi connectivity index (χ4n) is 3.20. The van der Waals surface area contributed by atoms with Gasteiger partial charge in [-0.3, -0.25) is 4.99 Å². The van der Waals surface area contributed by atoms with Crippen LogP contribution in [0.15, 0.2) is 35.3 Å². The second-order valence-corrected chi connectivity index (χ2v) is 6.46. The molecule has 2 aromatic rings. The number of aromatic nitrogens is 2. The Morgan fingerprint density at radius 2 is 1.89 bits per heavy atom. The van der Waals surface area contributed by atoms with Crippen LogP contribution in [0.2, 0.25) is 0 Å². The largest absolute Gasteiger partial charge is 0.382 e. The molecule has 1 aliphatic rings. The van der Waals surface area contributed by atoms with E-state index >= 15 is 0 Å². The number of anilines is 1. The monoisotopic (exact) mass is 479 g/mol. The molecule has 2 heterocycles. The molecular weight excluding hydrogens is 453 g/mol. The van der Waals surface area contributed by atoms with Gasteiger partial charge in [0.25, 0.3) is 0 Å². The van der Waals surface area contributed by atoms with Crippen LogP contribution in [0.5, 0.6) is 0 Å². The molecule has 8 heteroatoms. The van der Waals surface area contributed by atoms with Crippen LogP contribution >= 0.6 is 24.0 Å². The van der Waals surface area contributed by atoms with Gasteiger partial charge in [0.05, 0.1) is 11.4 Å². The molecular formula is C19H26IN7. The number of guanidine groups is 1. The second-order valence-electron chi connectivity index (χ2n) is 6.46. The van der Waals surface area contributed by atoms with Crippen molar-refractivity contribution < 1.29 is 0 Å². The van der Waals surface area contributed by atoms with Gasteiger partial charge in [0.1, 0.15) is 17.5 Å². The van der Waals surface area contributed by atoms with Crippen LogP contribution in [-0.2, 0) is 6.42 Å². The smallest absolute Gasteiger partial charge is 0.191 e. The van der Waals surface area contributed by atoms with Gasteiger partial charge in [0, 0.05) is 19.6 Å². The van der Waals surface area contributed by atoms with E-state index in [0.29, 0.717) is 36.0 Å². The third-order valence-electron chi connectivity index (χ3n) is 4.63. The lowest BCUT2D eigenvalue weighted by Crippen LogP contribution is -2.40. The fraction of sp³-hybridized carbons (Fsp3) is 0.421. The Hall–Kier alpha value is -2.28. The summed E-state index contributed by atoms with van der Waals surface area (Å²) < 4.78 is 1.62. The molecule has 3 rings (SSSR count). The molecule has 0 bridgehead atoms. The Kier molecular flexibility index (Phi) is 7.91.